The summed E-state index contributed by atoms with van der Waals surface area (Å²) >= 11 is 7.22. The van der Waals surface area contributed by atoms with Gasteiger partial charge in [-0.3, -0.25) is 4.99 Å². The van der Waals surface area contributed by atoms with Crippen LogP contribution >= 0.6 is 17.0 Å². The minimum Gasteiger partial charge on any atom is -0.327 e. The van der Waals surface area contributed by atoms with Crippen molar-refractivity contribution in [1.82, 2.24) is 5.09 Å². The first-order valence-corrected chi connectivity index (χ1v) is 9.58. The van der Waals surface area contributed by atoms with Crippen molar-refractivity contribution in [3.8, 4) is 0 Å². The molecule has 0 aliphatic rings. The Balaban J connectivity index is 4.32. The van der Waals surface area contributed by atoms with Gasteiger partial charge in [-0.2, -0.15) is 0 Å². The summed E-state index contributed by atoms with van der Waals surface area (Å²) < 4.78 is 5.64. The van der Waals surface area contributed by atoms with Crippen LogP contribution < -0.4 is 5.09 Å². The Morgan fingerprint density at radius 1 is 1.62 bits per heavy atom. The Kier molecular flexibility index (Phi) is 9.32. The minimum atomic E-state index is -2.02. The number of hydrogen-bond donors (Lipinski definition) is 1. The molecule has 0 saturated carbocycles. The van der Waals surface area contributed by atoms with Gasteiger partial charge in [0.1, 0.15) is 0 Å². The minimum absolute atomic E-state index is 0.498. The fourth-order valence-corrected chi connectivity index (χ4v) is 6.67. The normalized spacial score (nSPS) is 16.9. The maximum atomic E-state index is 5.64. The average molecular weight is 280 g/mol. The van der Waals surface area contributed by atoms with Gasteiger partial charge in [0.15, 0.2) is 0 Å². The van der Waals surface area contributed by atoms with E-state index in [0.717, 1.165) is 6.42 Å². The van der Waals surface area contributed by atoms with Crippen LogP contribution in [0.2, 0.25) is 0 Å². The quantitative estimate of drug-likeness (QED) is 0.303. The van der Waals surface area contributed by atoms with E-state index >= 15 is 0 Å². The molecular formula is C10H21N2OPS2. The molecule has 1 N–H and O–H groups in total. The molecule has 0 bridgehead atoms. The van der Waals surface area contributed by atoms with Crippen LogP contribution in [0.3, 0.4) is 0 Å². The highest BCUT2D eigenvalue weighted by molar-refractivity contribution is 8.69. The summed E-state index contributed by atoms with van der Waals surface area (Å²) in [6.07, 6.45) is 4.47. The molecule has 6 heteroatoms. The predicted molar refractivity (Wildman–Crippen MR) is 79.9 cm³/mol. The topological polar surface area (TPSA) is 33.6 Å². The average Bonchev–Trinajstić information content (AvgIpc) is 2.24. The zero-order chi connectivity index (χ0) is 12.4. The van der Waals surface area contributed by atoms with Gasteiger partial charge < -0.3 is 9.61 Å². The molecule has 16 heavy (non-hydrogen) atoms. The van der Waals surface area contributed by atoms with Crippen molar-refractivity contribution in [1.29, 1.82) is 0 Å². The van der Waals surface area contributed by atoms with E-state index in [-0.39, 0.29) is 0 Å². The molecule has 94 valence electrons. The summed E-state index contributed by atoms with van der Waals surface area (Å²) in [5, 5.41) is 3.62. The van der Waals surface area contributed by atoms with Crippen LogP contribution in [0, 0.1) is 0 Å². The van der Waals surface area contributed by atoms with Crippen LogP contribution in [0.15, 0.2) is 17.6 Å². The molecule has 0 rings (SSSR count). The molecule has 2 atom stereocenters. The van der Waals surface area contributed by atoms with Gasteiger partial charge in [-0.15, -0.1) is 6.58 Å². The van der Waals surface area contributed by atoms with E-state index in [0.29, 0.717) is 18.4 Å². The van der Waals surface area contributed by atoms with Gasteiger partial charge >= 0.3 is 0 Å². The standard InChI is InChI=1S/C10H21N2OPS2/c1-5-8-11-9-12-14(15,13-7-3)16-10(4)6-2/h5,9-10H,1,6-8H2,2-4H3,(H,11,12,15). The summed E-state index contributed by atoms with van der Waals surface area (Å²) in [6.45, 7) is 11.1. The van der Waals surface area contributed by atoms with Gasteiger partial charge in [0, 0.05) is 5.25 Å². The van der Waals surface area contributed by atoms with Crippen molar-refractivity contribution in [2.45, 2.75) is 32.4 Å². The SMILES string of the molecule is C=CCN=CNP(=S)(OCC)SC(C)CC. The molecule has 2 unspecified atom stereocenters. The van der Waals surface area contributed by atoms with E-state index in [9.17, 15) is 0 Å². The van der Waals surface area contributed by atoms with Gasteiger partial charge in [-0.05, 0) is 25.2 Å². The smallest absolute Gasteiger partial charge is 0.211 e. The third-order valence-corrected chi connectivity index (χ3v) is 7.69. The van der Waals surface area contributed by atoms with Crippen LogP contribution in [0.1, 0.15) is 27.2 Å². The van der Waals surface area contributed by atoms with Gasteiger partial charge in [0.25, 0.3) is 0 Å². The Labute approximate surface area is 108 Å². The van der Waals surface area contributed by atoms with E-state index in [4.69, 9.17) is 16.3 Å². The highest BCUT2D eigenvalue weighted by atomic mass is 32.9. The maximum Gasteiger partial charge on any atom is 0.211 e. The molecule has 0 fully saturated rings. The monoisotopic (exact) mass is 280 g/mol. The second-order valence-electron chi connectivity index (χ2n) is 3.15. The molecule has 0 aromatic rings. The van der Waals surface area contributed by atoms with Crippen molar-refractivity contribution >= 4 is 35.1 Å². The van der Waals surface area contributed by atoms with Crippen LogP contribution in [0.5, 0.6) is 0 Å². The highest BCUT2D eigenvalue weighted by Crippen LogP contribution is 2.58. The van der Waals surface area contributed by atoms with Crippen molar-refractivity contribution in [2.24, 2.45) is 4.99 Å². The molecule has 0 amide bonds. The van der Waals surface area contributed by atoms with Gasteiger partial charge in [0.05, 0.1) is 19.5 Å². The number of nitrogens with one attached hydrogen (secondary N) is 1. The molecule has 0 heterocycles. The Morgan fingerprint density at radius 2 is 2.31 bits per heavy atom. The number of hydrogen-bond acceptors (Lipinski definition) is 4. The summed E-state index contributed by atoms with van der Waals surface area (Å²) in [6, 6.07) is 0. The molecule has 0 aromatic heterocycles. The third kappa shape index (κ3) is 7.44. The van der Waals surface area contributed by atoms with Crippen LogP contribution in [-0.2, 0) is 16.3 Å². The molecule has 0 aliphatic carbocycles. The van der Waals surface area contributed by atoms with E-state index in [1.54, 1.807) is 23.8 Å². The zero-order valence-corrected chi connectivity index (χ0v) is 12.7. The van der Waals surface area contributed by atoms with Gasteiger partial charge in [-0.1, -0.05) is 31.3 Å². The Hall–Kier alpha value is 0.170. The second-order valence-corrected chi connectivity index (χ2v) is 10.1. The zero-order valence-electron chi connectivity index (χ0n) is 10.2. The van der Waals surface area contributed by atoms with Crippen molar-refractivity contribution in [3.05, 3.63) is 12.7 Å². The summed E-state index contributed by atoms with van der Waals surface area (Å²) in [5.74, 6) is 0. The molecule has 0 radical (unpaired) electrons. The van der Waals surface area contributed by atoms with E-state index in [2.05, 4.69) is 30.5 Å². The summed E-state index contributed by atoms with van der Waals surface area (Å²) in [4.78, 5) is 4.10. The Morgan fingerprint density at radius 3 is 2.81 bits per heavy atom. The van der Waals surface area contributed by atoms with Gasteiger partial charge in [-0.25, -0.2) is 0 Å². The third-order valence-electron chi connectivity index (χ3n) is 1.73. The summed E-state index contributed by atoms with van der Waals surface area (Å²) in [7, 11) is 0. The molecule has 0 saturated heterocycles. The van der Waals surface area contributed by atoms with E-state index < -0.39 is 5.62 Å². The predicted octanol–water partition coefficient (Wildman–Crippen LogP) is 3.58. The molecule has 0 aliphatic heterocycles. The Bertz CT molecular complexity index is 272. The first-order valence-electron chi connectivity index (χ1n) is 5.38. The number of nitrogens with zero attached hydrogens (tertiary/aromatic N) is 1. The first-order chi connectivity index (χ1) is 7.58. The largest absolute Gasteiger partial charge is 0.327 e. The fourth-order valence-electron chi connectivity index (χ4n) is 0.818. The molecule has 3 nitrogen and oxygen atoms in total. The van der Waals surface area contributed by atoms with Crippen LogP contribution in [0.4, 0.5) is 0 Å². The van der Waals surface area contributed by atoms with Crippen molar-refractivity contribution in [3.63, 3.8) is 0 Å². The maximum absolute atomic E-state index is 5.64. The number of rotatable bonds is 9. The van der Waals surface area contributed by atoms with Crippen molar-refractivity contribution < 1.29 is 4.52 Å². The summed E-state index contributed by atoms with van der Waals surface area (Å²) in [5.41, 5.74) is -2.02. The second kappa shape index (κ2) is 9.23. The van der Waals surface area contributed by atoms with Crippen LogP contribution in [-0.4, -0.2) is 24.7 Å². The van der Waals surface area contributed by atoms with E-state index in [1.807, 2.05) is 6.92 Å². The lowest BCUT2D eigenvalue weighted by atomic mass is 10.4. The molecular weight excluding hydrogens is 259 g/mol. The number of aliphatic imine (C=N–C) groups is 1. The lowest BCUT2D eigenvalue weighted by molar-refractivity contribution is 0.383. The lowest BCUT2D eigenvalue weighted by Gasteiger charge is -2.23. The molecule has 0 spiro atoms. The molecule has 0 aromatic carbocycles. The lowest BCUT2D eigenvalue weighted by Crippen LogP contribution is -2.10. The highest BCUT2D eigenvalue weighted by Gasteiger charge is 2.19. The van der Waals surface area contributed by atoms with Crippen LogP contribution in [0.25, 0.3) is 0 Å². The first kappa shape index (κ1) is 16.2. The van der Waals surface area contributed by atoms with Gasteiger partial charge in [0.2, 0.25) is 5.62 Å². The van der Waals surface area contributed by atoms with Crippen molar-refractivity contribution in [2.75, 3.05) is 13.2 Å². The fraction of sp³-hybridized carbons (Fsp3) is 0.700. The van der Waals surface area contributed by atoms with E-state index in [1.165, 1.54) is 0 Å².